The van der Waals surface area contributed by atoms with Crippen LogP contribution in [-0.2, 0) is 0 Å². The van der Waals surface area contributed by atoms with Crippen molar-refractivity contribution in [2.45, 2.75) is 20.8 Å². The first-order valence-corrected chi connectivity index (χ1v) is 6.83. The molecule has 2 aromatic carbocycles. The zero-order chi connectivity index (χ0) is 14.5. The summed E-state index contributed by atoms with van der Waals surface area (Å²) in [4.78, 5) is 12.4. The maximum absolute atomic E-state index is 12.4. The first-order chi connectivity index (χ1) is 9.61. The lowest BCUT2D eigenvalue weighted by Gasteiger charge is -2.11. The van der Waals surface area contributed by atoms with Gasteiger partial charge in [-0.3, -0.25) is 4.79 Å². The van der Waals surface area contributed by atoms with E-state index in [1.54, 1.807) is 0 Å². The SMILES string of the molecule is CCNc1ccccc1C(=O)Nc1ccc(C)c(C)c1. The highest BCUT2D eigenvalue weighted by atomic mass is 16.1. The Hall–Kier alpha value is -2.29. The fourth-order valence-corrected chi connectivity index (χ4v) is 2.04. The highest BCUT2D eigenvalue weighted by molar-refractivity contribution is 6.08. The van der Waals surface area contributed by atoms with Crippen LogP contribution in [0.4, 0.5) is 11.4 Å². The molecule has 20 heavy (non-hydrogen) atoms. The molecule has 0 bridgehead atoms. The topological polar surface area (TPSA) is 41.1 Å². The van der Waals surface area contributed by atoms with Gasteiger partial charge in [-0.05, 0) is 56.2 Å². The van der Waals surface area contributed by atoms with Crippen molar-refractivity contribution in [2.24, 2.45) is 0 Å². The monoisotopic (exact) mass is 268 g/mol. The first-order valence-electron chi connectivity index (χ1n) is 6.83. The van der Waals surface area contributed by atoms with Gasteiger partial charge in [0.15, 0.2) is 0 Å². The van der Waals surface area contributed by atoms with Gasteiger partial charge in [-0.15, -0.1) is 0 Å². The molecule has 2 rings (SSSR count). The Morgan fingerprint density at radius 1 is 1.05 bits per heavy atom. The highest BCUT2D eigenvalue weighted by Gasteiger charge is 2.10. The van der Waals surface area contributed by atoms with Crippen molar-refractivity contribution in [3.05, 3.63) is 59.2 Å². The molecule has 0 atom stereocenters. The van der Waals surface area contributed by atoms with Gasteiger partial charge in [-0.25, -0.2) is 0 Å². The van der Waals surface area contributed by atoms with Gasteiger partial charge in [0.25, 0.3) is 5.91 Å². The summed E-state index contributed by atoms with van der Waals surface area (Å²) in [6.07, 6.45) is 0. The number of benzene rings is 2. The lowest BCUT2D eigenvalue weighted by atomic mass is 10.1. The number of anilines is 2. The standard InChI is InChI=1S/C17H20N2O/c1-4-18-16-8-6-5-7-15(16)17(20)19-14-10-9-12(2)13(3)11-14/h5-11,18H,4H2,1-3H3,(H,19,20). The number of carbonyl (C=O) groups excluding carboxylic acids is 1. The van der Waals surface area contributed by atoms with Crippen molar-refractivity contribution in [1.82, 2.24) is 0 Å². The summed E-state index contributed by atoms with van der Waals surface area (Å²) in [6.45, 7) is 6.89. The predicted octanol–water partition coefficient (Wildman–Crippen LogP) is 3.99. The van der Waals surface area contributed by atoms with Gasteiger partial charge in [0.1, 0.15) is 0 Å². The maximum atomic E-state index is 12.4. The van der Waals surface area contributed by atoms with E-state index in [9.17, 15) is 4.79 Å². The summed E-state index contributed by atoms with van der Waals surface area (Å²) in [7, 11) is 0. The van der Waals surface area contributed by atoms with E-state index in [-0.39, 0.29) is 5.91 Å². The third-order valence-electron chi connectivity index (χ3n) is 3.30. The Balaban J connectivity index is 2.21. The van der Waals surface area contributed by atoms with E-state index in [1.807, 2.05) is 56.3 Å². The number of para-hydroxylation sites is 1. The van der Waals surface area contributed by atoms with Crippen molar-refractivity contribution in [1.29, 1.82) is 0 Å². The molecule has 3 heteroatoms. The molecule has 0 spiro atoms. The minimum Gasteiger partial charge on any atom is -0.385 e. The number of rotatable bonds is 4. The third kappa shape index (κ3) is 3.18. The molecule has 0 saturated heterocycles. The molecule has 2 aromatic rings. The Kier molecular flexibility index (Phi) is 4.41. The van der Waals surface area contributed by atoms with Crippen LogP contribution in [0.3, 0.4) is 0 Å². The minimum atomic E-state index is -0.0928. The molecule has 2 N–H and O–H groups in total. The lowest BCUT2D eigenvalue weighted by molar-refractivity contribution is 0.102. The minimum absolute atomic E-state index is 0.0928. The van der Waals surface area contributed by atoms with Gasteiger partial charge in [-0.1, -0.05) is 18.2 Å². The van der Waals surface area contributed by atoms with Gasteiger partial charge < -0.3 is 10.6 Å². The van der Waals surface area contributed by atoms with Crippen LogP contribution in [0, 0.1) is 13.8 Å². The Morgan fingerprint density at radius 2 is 1.80 bits per heavy atom. The average molecular weight is 268 g/mol. The second-order valence-corrected chi connectivity index (χ2v) is 4.83. The Bertz CT molecular complexity index is 620. The molecule has 104 valence electrons. The largest absolute Gasteiger partial charge is 0.385 e. The second kappa shape index (κ2) is 6.24. The number of carbonyl (C=O) groups is 1. The number of hydrogen-bond acceptors (Lipinski definition) is 2. The summed E-state index contributed by atoms with van der Waals surface area (Å²) in [5.74, 6) is -0.0928. The summed E-state index contributed by atoms with van der Waals surface area (Å²) in [5.41, 5.74) is 4.73. The molecule has 1 amide bonds. The van der Waals surface area contributed by atoms with Crippen LogP contribution < -0.4 is 10.6 Å². The van der Waals surface area contributed by atoms with Crippen LogP contribution in [-0.4, -0.2) is 12.5 Å². The molecule has 0 aromatic heterocycles. The van der Waals surface area contributed by atoms with Crippen LogP contribution in [0.5, 0.6) is 0 Å². The van der Waals surface area contributed by atoms with E-state index >= 15 is 0 Å². The molecule has 0 fully saturated rings. The molecule has 0 unspecified atom stereocenters. The quantitative estimate of drug-likeness (QED) is 0.880. The molecule has 0 heterocycles. The molecule has 0 radical (unpaired) electrons. The highest BCUT2D eigenvalue weighted by Crippen LogP contribution is 2.19. The predicted molar refractivity (Wildman–Crippen MR) is 84.5 cm³/mol. The summed E-state index contributed by atoms with van der Waals surface area (Å²) in [6, 6.07) is 13.5. The van der Waals surface area contributed by atoms with Gasteiger partial charge in [0.2, 0.25) is 0 Å². The third-order valence-corrected chi connectivity index (χ3v) is 3.30. The average Bonchev–Trinajstić information content (AvgIpc) is 2.44. The molecule has 0 aliphatic rings. The van der Waals surface area contributed by atoms with Crippen LogP contribution in [0.25, 0.3) is 0 Å². The fraction of sp³-hybridized carbons (Fsp3) is 0.235. The van der Waals surface area contributed by atoms with Crippen LogP contribution >= 0.6 is 0 Å². The van der Waals surface area contributed by atoms with Gasteiger partial charge in [0.05, 0.1) is 5.56 Å². The molecule has 0 aliphatic heterocycles. The van der Waals surface area contributed by atoms with E-state index < -0.39 is 0 Å². The number of hydrogen-bond donors (Lipinski definition) is 2. The normalized spacial score (nSPS) is 10.2. The summed E-state index contributed by atoms with van der Waals surface area (Å²) < 4.78 is 0. The summed E-state index contributed by atoms with van der Waals surface area (Å²) in [5, 5.41) is 6.15. The van der Waals surface area contributed by atoms with Crippen molar-refractivity contribution < 1.29 is 4.79 Å². The van der Waals surface area contributed by atoms with Crippen LogP contribution in [0.1, 0.15) is 28.4 Å². The molecular weight excluding hydrogens is 248 g/mol. The number of amides is 1. The van der Waals surface area contributed by atoms with Crippen molar-refractivity contribution >= 4 is 17.3 Å². The summed E-state index contributed by atoms with van der Waals surface area (Å²) >= 11 is 0. The van der Waals surface area contributed by atoms with Gasteiger partial charge >= 0.3 is 0 Å². The maximum Gasteiger partial charge on any atom is 0.257 e. The Labute approximate surface area is 120 Å². The van der Waals surface area contributed by atoms with Crippen molar-refractivity contribution in [3.8, 4) is 0 Å². The fourth-order valence-electron chi connectivity index (χ4n) is 2.04. The lowest BCUT2D eigenvalue weighted by Crippen LogP contribution is -2.14. The zero-order valence-corrected chi connectivity index (χ0v) is 12.2. The Morgan fingerprint density at radius 3 is 2.50 bits per heavy atom. The van der Waals surface area contributed by atoms with E-state index in [2.05, 4.69) is 17.6 Å². The zero-order valence-electron chi connectivity index (χ0n) is 12.2. The van der Waals surface area contributed by atoms with Crippen molar-refractivity contribution in [2.75, 3.05) is 17.2 Å². The van der Waals surface area contributed by atoms with Gasteiger partial charge in [0, 0.05) is 17.9 Å². The van der Waals surface area contributed by atoms with E-state index in [4.69, 9.17) is 0 Å². The van der Waals surface area contributed by atoms with E-state index in [1.165, 1.54) is 11.1 Å². The smallest absolute Gasteiger partial charge is 0.257 e. The first kappa shape index (κ1) is 14.1. The second-order valence-electron chi connectivity index (χ2n) is 4.83. The van der Waals surface area contributed by atoms with Gasteiger partial charge in [-0.2, -0.15) is 0 Å². The van der Waals surface area contributed by atoms with E-state index in [0.717, 1.165) is 17.9 Å². The number of nitrogens with one attached hydrogen (secondary N) is 2. The molecule has 0 aliphatic carbocycles. The van der Waals surface area contributed by atoms with Crippen molar-refractivity contribution in [3.63, 3.8) is 0 Å². The van der Waals surface area contributed by atoms with E-state index in [0.29, 0.717) is 5.56 Å². The number of aryl methyl sites for hydroxylation is 2. The molecular formula is C17H20N2O. The van der Waals surface area contributed by atoms with Crippen LogP contribution in [0.2, 0.25) is 0 Å². The molecule has 3 nitrogen and oxygen atoms in total. The van der Waals surface area contributed by atoms with Crippen LogP contribution in [0.15, 0.2) is 42.5 Å². The molecule has 0 saturated carbocycles.